The van der Waals surface area contributed by atoms with Crippen LogP contribution in [0.5, 0.6) is 5.88 Å². The Morgan fingerprint density at radius 3 is 2.48 bits per heavy atom. The Morgan fingerprint density at radius 1 is 1.03 bits per heavy atom. The quantitative estimate of drug-likeness (QED) is 0.612. The first-order chi connectivity index (χ1) is 16.2. The van der Waals surface area contributed by atoms with Crippen LogP contribution in [-0.4, -0.2) is 58.4 Å². The molecule has 0 bridgehead atoms. The molecule has 2 fully saturated rings. The molecule has 2 aliphatic rings. The van der Waals surface area contributed by atoms with Gasteiger partial charge in [0.25, 0.3) is 0 Å². The maximum absolute atomic E-state index is 6.45. The van der Waals surface area contributed by atoms with Crippen molar-refractivity contribution >= 4 is 22.7 Å². The van der Waals surface area contributed by atoms with Crippen LogP contribution < -0.4 is 15.0 Å². The highest BCUT2D eigenvalue weighted by Gasteiger charge is 2.25. The lowest BCUT2D eigenvalue weighted by Gasteiger charge is -2.31. The molecule has 176 valence electrons. The minimum Gasteiger partial charge on any atom is -0.474 e. The topological polar surface area (TPSA) is 85.3 Å². The SMILES string of the molecule is CC.Cc1cnc(NC2CCC(Oc3nc(N4CCOCC4)cc4ncccc34)CC2)nc1. The standard InChI is InChI=1S/C23H28N6O2.C2H6/c1-16-14-25-23(26-15-16)27-17-4-6-18(7-5-17)31-22-19-3-2-8-24-20(19)13-21(28-22)29-9-11-30-12-10-29;1-2/h2-3,8,13-15,17-18H,4-7,9-12H2,1H3,(H,25,26,27);1-2H3. The molecular weight excluding hydrogens is 416 g/mol. The number of pyridine rings is 2. The number of nitrogens with one attached hydrogen (secondary N) is 1. The number of morpholine rings is 1. The van der Waals surface area contributed by atoms with Gasteiger partial charge in [-0.15, -0.1) is 0 Å². The number of nitrogens with zero attached hydrogens (tertiary/aromatic N) is 5. The molecule has 5 rings (SSSR count). The highest BCUT2D eigenvalue weighted by atomic mass is 16.5. The fraction of sp³-hybridized carbons (Fsp3) is 0.520. The van der Waals surface area contributed by atoms with Gasteiger partial charge in [0.05, 0.1) is 24.1 Å². The van der Waals surface area contributed by atoms with Crippen LogP contribution in [0.25, 0.3) is 10.9 Å². The molecule has 3 aromatic heterocycles. The van der Waals surface area contributed by atoms with Crippen LogP contribution >= 0.6 is 0 Å². The second-order valence-electron chi connectivity index (χ2n) is 8.27. The third-order valence-corrected chi connectivity index (χ3v) is 5.95. The summed E-state index contributed by atoms with van der Waals surface area (Å²) in [6.07, 6.45) is 9.62. The summed E-state index contributed by atoms with van der Waals surface area (Å²) in [6, 6.07) is 6.40. The largest absolute Gasteiger partial charge is 0.474 e. The molecule has 1 aliphatic carbocycles. The molecule has 1 N–H and O–H groups in total. The second-order valence-corrected chi connectivity index (χ2v) is 8.27. The first-order valence-corrected chi connectivity index (χ1v) is 12.0. The zero-order valence-corrected chi connectivity index (χ0v) is 19.8. The first kappa shape index (κ1) is 23.2. The van der Waals surface area contributed by atoms with E-state index < -0.39 is 0 Å². The number of ether oxygens (including phenoxy) is 2. The van der Waals surface area contributed by atoms with Crippen LogP contribution in [0.3, 0.4) is 0 Å². The van der Waals surface area contributed by atoms with Gasteiger partial charge in [-0.2, -0.15) is 4.98 Å². The fourth-order valence-electron chi connectivity index (χ4n) is 4.21. The van der Waals surface area contributed by atoms with E-state index >= 15 is 0 Å². The molecule has 1 aliphatic heterocycles. The molecule has 1 saturated carbocycles. The summed E-state index contributed by atoms with van der Waals surface area (Å²) < 4.78 is 11.9. The van der Waals surface area contributed by atoms with Crippen LogP contribution in [0.1, 0.15) is 45.1 Å². The van der Waals surface area contributed by atoms with Gasteiger partial charge >= 0.3 is 0 Å². The van der Waals surface area contributed by atoms with E-state index in [-0.39, 0.29) is 6.10 Å². The van der Waals surface area contributed by atoms with E-state index in [0.29, 0.717) is 17.9 Å². The molecule has 0 spiro atoms. The summed E-state index contributed by atoms with van der Waals surface area (Å²) in [5, 5.41) is 4.42. The summed E-state index contributed by atoms with van der Waals surface area (Å²) in [7, 11) is 0. The van der Waals surface area contributed by atoms with Gasteiger partial charge in [0.1, 0.15) is 11.9 Å². The Kier molecular flexibility index (Phi) is 7.88. The monoisotopic (exact) mass is 450 g/mol. The van der Waals surface area contributed by atoms with E-state index in [2.05, 4.69) is 31.2 Å². The van der Waals surface area contributed by atoms with Crippen molar-refractivity contribution in [2.45, 2.75) is 58.6 Å². The summed E-state index contributed by atoms with van der Waals surface area (Å²) in [5.74, 6) is 2.30. The van der Waals surface area contributed by atoms with Crippen molar-refractivity contribution in [3.63, 3.8) is 0 Å². The molecule has 0 unspecified atom stereocenters. The summed E-state index contributed by atoms with van der Waals surface area (Å²) in [6.45, 7) is 9.11. The van der Waals surface area contributed by atoms with Crippen LogP contribution in [-0.2, 0) is 4.74 Å². The van der Waals surface area contributed by atoms with E-state index in [1.807, 2.05) is 51.5 Å². The highest BCUT2D eigenvalue weighted by Crippen LogP contribution is 2.31. The molecular formula is C25H34N6O2. The number of hydrogen-bond donors (Lipinski definition) is 1. The molecule has 0 atom stereocenters. The number of aryl methyl sites for hydroxylation is 1. The Bertz CT molecular complexity index is 1020. The van der Waals surface area contributed by atoms with Crippen molar-refractivity contribution in [2.75, 3.05) is 36.5 Å². The lowest BCUT2D eigenvalue weighted by molar-refractivity contribution is 0.122. The lowest BCUT2D eigenvalue weighted by Crippen LogP contribution is -2.37. The average Bonchev–Trinajstić information content (AvgIpc) is 2.88. The molecule has 1 saturated heterocycles. The maximum atomic E-state index is 6.45. The minimum absolute atomic E-state index is 0.146. The van der Waals surface area contributed by atoms with Crippen molar-refractivity contribution < 1.29 is 9.47 Å². The van der Waals surface area contributed by atoms with E-state index in [9.17, 15) is 0 Å². The third kappa shape index (κ3) is 5.87. The van der Waals surface area contributed by atoms with Crippen molar-refractivity contribution in [1.29, 1.82) is 0 Å². The minimum atomic E-state index is 0.146. The maximum Gasteiger partial charge on any atom is 0.225 e. The van der Waals surface area contributed by atoms with E-state index in [4.69, 9.17) is 14.5 Å². The molecule has 8 heteroatoms. The van der Waals surface area contributed by atoms with Gasteiger partial charge in [-0.1, -0.05) is 13.8 Å². The molecule has 8 nitrogen and oxygen atoms in total. The molecule has 0 aromatic carbocycles. The van der Waals surface area contributed by atoms with Crippen LogP contribution in [0, 0.1) is 6.92 Å². The van der Waals surface area contributed by atoms with Crippen molar-refractivity contribution in [3.8, 4) is 5.88 Å². The normalized spacial score (nSPS) is 20.6. The average molecular weight is 451 g/mol. The Morgan fingerprint density at radius 2 is 1.76 bits per heavy atom. The number of rotatable bonds is 5. The van der Waals surface area contributed by atoms with E-state index in [1.165, 1.54) is 0 Å². The second kappa shape index (κ2) is 11.2. The predicted octanol–water partition coefficient (Wildman–Crippen LogP) is 4.39. The zero-order valence-electron chi connectivity index (χ0n) is 19.8. The Labute approximate surface area is 195 Å². The van der Waals surface area contributed by atoms with Gasteiger partial charge in [-0.25, -0.2) is 9.97 Å². The smallest absolute Gasteiger partial charge is 0.225 e. The van der Waals surface area contributed by atoms with Crippen LogP contribution in [0.2, 0.25) is 0 Å². The van der Waals surface area contributed by atoms with Crippen LogP contribution in [0.4, 0.5) is 11.8 Å². The van der Waals surface area contributed by atoms with E-state index in [0.717, 1.165) is 74.3 Å². The van der Waals surface area contributed by atoms with Gasteiger partial charge in [0.15, 0.2) is 0 Å². The van der Waals surface area contributed by atoms with Gasteiger partial charge in [-0.05, 0) is 50.3 Å². The van der Waals surface area contributed by atoms with Crippen molar-refractivity contribution in [2.24, 2.45) is 0 Å². The zero-order chi connectivity index (χ0) is 23.0. The van der Waals surface area contributed by atoms with Gasteiger partial charge < -0.3 is 19.7 Å². The number of fused-ring (bicyclic) bond motifs is 1. The van der Waals surface area contributed by atoms with Crippen molar-refractivity contribution in [1.82, 2.24) is 19.9 Å². The summed E-state index contributed by atoms with van der Waals surface area (Å²) >= 11 is 0. The summed E-state index contributed by atoms with van der Waals surface area (Å²) in [4.78, 5) is 20.4. The van der Waals surface area contributed by atoms with Crippen LogP contribution in [0.15, 0.2) is 36.8 Å². The summed E-state index contributed by atoms with van der Waals surface area (Å²) in [5.41, 5.74) is 1.98. The predicted molar refractivity (Wildman–Crippen MR) is 131 cm³/mol. The molecule has 4 heterocycles. The lowest BCUT2D eigenvalue weighted by atomic mass is 9.93. The number of aromatic nitrogens is 4. The van der Waals surface area contributed by atoms with Gasteiger partial charge in [0.2, 0.25) is 11.8 Å². The highest BCUT2D eigenvalue weighted by molar-refractivity contribution is 5.85. The van der Waals surface area contributed by atoms with E-state index in [1.54, 1.807) is 0 Å². The number of anilines is 2. The molecule has 33 heavy (non-hydrogen) atoms. The molecule has 3 aromatic rings. The number of hydrogen-bond acceptors (Lipinski definition) is 8. The Balaban J connectivity index is 0.00000126. The molecule has 0 radical (unpaired) electrons. The first-order valence-electron chi connectivity index (χ1n) is 12.0. The fourth-order valence-corrected chi connectivity index (χ4v) is 4.21. The van der Waals surface area contributed by atoms with Gasteiger partial charge in [-0.3, -0.25) is 4.98 Å². The molecule has 0 amide bonds. The third-order valence-electron chi connectivity index (χ3n) is 5.95. The van der Waals surface area contributed by atoms with Crippen molar-refractivity contribution in [3.05, 3.63) is 42.4 Å². The van der Waals surface area contributed by atoms with Gasteiger partial charge in [0, 0.05) is 43.8 Å². The Hall–Kier alpha value is -3.00.